The van der Waals surface area contributed by atoms with E-state index in [9.17, 15) is 27.2 Å². The summed E-state index contributed by atoms with van der Waals surface area (Å²) in [6.45, 7) is 1.84. The Morgan fingerprint density at radius 3 is 2.63 bits per heavy atom. The van der Waals surface area contributed by atoms with Gasteiger partial charge in [0.05, 0.1) is 18.5 Å². The molecule has 38 heavy (non-hydrogen) atoms. The topological polar surface area (TPSA) is 125 Å². The van der Waals surface area contributed by atoms with Crippen molar-refractivity contribution in [3.05, 3.63) is 59.4 Å². The van der Waals surface area contributed by atoms with E-state index in [0.717, 1.165) is 22.2 Å². The molecule has 1 saturated heterocycles. The number of carbonyl (C=O) groups excluding carboxylic acids is 3. The average Bonchev–Trinajstić information content (AvgIpc) is 3.25. The summed E-state index contributed by atoms with van der Waals surface area (Å²) < 4.78 is 45.6. The lowest BCUT2D eigenvalue weighted by Crippen LogP contribution is -2.51. The van der Waals surface area contributed by atoms with Crippen molar-refractivity contribution in [3.8, 4) is 5.75 Å². The van der Waals surface area contributed by atoms with Crippen molar-refractivity contribution in [1.29, 1.82) is 0 Å². The number of nitrogens with zero attached hydrogens (tertiary/aromatic N) is 2. The fourth-order valence-corrected chi connectivity index (χ4v) is 5.69. The van der Waals surface area contributed by atoms with Crippen LogP contribution in [0.15, 0.2) is 42.5 Å². The summed E-state index contributed by atoms with van der Waals surface area (Å²) in [5.74, 6) is -1.25. The highest BCUT2D eigenvalue weighted by atomic mass is 32.2. The van der Waals surface area contributed by atoms with Crippen molar-refractivity contribution in [2.75, 3.05) is 36.8 Å². The van der Waals surface area contributed by atoms with Crippen molar-refractivity contribution < 1.29 is 31.9 Å². The number of aryl methyl sites for hydroxylation is 1. The molecule has 0 spiro atoms. The minimum atomic E-state index is -3.93. The maximum atomic E-state index is 13.9. The van der Waals surface area contributed by atoms with Crippen LogP contribution < -0.4 is 19.7 Å². The van der Waals surface area contributed by atoms with Gasteiger partial charge < -0.3 is 20.3 Å². The fraction of sp³-hybridized carbons (Fsp3) is 0.423. The average molecular weight is 547 g/mol. The van der Waals surface area contributed by atoms with Gasteiger partial charge in [-0.2, -0.15) is 0 Å². The molecule has 0 unspecified atom stereocenters. The number of benzene rings is 2. The number of fused-ring (bicyclic) bond motifs is 4. The largest absolute Gasteiger partial charge is 0.491 e. The second-order valence-corrected chi connectivity index (χ2v) is 11.4. The molecular weight excluding hydrogens is 515 g/mol. The molecule has 0 saturated carbocycles. The quantitative estimate of drug-likeness (QED) is 0.600. The smallest absolute Gasteiger partial charge is 0.251 e. The van der Waals surface area contributed by atoms with E-state index < -0.39 is 40.4 Å². The highest BCUT2D eigenvalue weighted by molar-refractivity contribution is 7.92. The van der Waals surface area contributed by atoms with Gasteiger partial charge in [-0.05, 0) is 55.7 Å². The van der Waals surface area contributed by atoms with Gasteiger partial charge in [0, 0.05) is 30.6 Å². The van der Waals surface area contributed by atoms with Crippen LogP contribution in [0.5, 0.6) is 5.75 Å². The van der Waals surface area contributed by atoms with Gasteiger partial charge in [0.2, 0.25) is 21.8 Å². The molecule has 2 aromatic rings. The van der Waals surface area contributed by atoms with Crippen LogP contribution >= 0.6 is 0 Å². The van der Waals surface area contributed by atoms with E-state index in [2.05, 4.69) is 10.6 Å². The molecule has 3 amide bonds. The number of rotatable bonds is 4. The van der Waals surface area contributed by atoms with Crippen LogP contribution in [0.25, 0.3) is 0 Å². The van der Waals surface area contributed by atoms with Crippen LogP contribution in [0, 0.1) is 12.7 Å². The third kappa shape index (κ3) is 6.42. The van der Waals surface area contributed by atoms with E-state index in [4.69, 9.17) is 4.74 Å². The Hall–Kier alpha value is -3.67. The molecule has 2 N–H and O–H groups in total. The Morgan fingerprint density at radius 1 is 1.13 bits per heavy atom. The first-order valence-corrected chi connectivity index (χ1v) is 14.2. The highest BCUT2D eigenvalue weighted by Gasteiger charge is 2.39. The molecule has 4 bridgehead atoms. The number of sulfonamides is 1. The van der Waals surface area contributed by atoms with Crippen molar-refractivity contribution in [3.63, 3.8) is 0 Å². The number of carbonyl (C=O) groups is 3. The number of hydrogen-bond acceptors (Lipinski definition) is 6. The Labute approximate surface area is 221 Å². The molecule has 12 heteroatoms. The molecule has 0 aromatic heterocycles. The van der Waals surface area contributed by atoms with Crippen LogP contribution in [0.3, 0.4) is 0 Å². The van der Waals surface area contributed by atoms with E-state index in [1.807, 2.05) is 6.92 Å². The van der Waals surface area contributed by atoms with Crippen LogP contribution in [-0.2, 0) is 19.6 Å². The van der Waals surface area contributed by atoms with Crippen LogP contribution in [0.1, 0.15) is 35.2 Å². The third-order valence-corrected chi connectivity index (χ3v) is 7.88. The highest BCUT2D eigenvalue weighted by Crippen LogP contribution is 2.28. The second-order valence-electron chi connectivity index (χ2n) is 9.53. The standard InChI is InChI=1S/C26H31FN4O6S/c1-17-6-7-18-12-23(17)37-11-10-28-24(32)14-21-8-9-22(15-29-26(18)34)31(21)25(33)16-30(38(2,35)36)20-5-3-4-19(27)13-20/h3-7,12-13,21-22H,8-11,14-16H2,1-2H3,(H,28,32)(H,29,34)/t21-,22+/m0/s1. The van der Waals surface area contributed by atoms with E-state index in [-0.39, 0.29) is 43.6 Å². The Kier molecular flexibility index (Phi) is 8.20. The van der Waals surface area contributed by atoms with E-state index in [1.165, 1.54) is 23.1 Å². The maximum Gasteiger partial charge on any atom is 0.251 e. The minimum absolute atomic E-state index is 0.0157. The zero-order chi connectivity index (χ0) is 27.4. The van der Waals surface area contributed by atoms with Crippen molar-refractivity contribution >= 4 is 33.4 Å². The lowest BCUT2D eigenvalue weighted by molar-refractivity contribution is -0.133. The molecule has 2 aliphatic heterocycles. The first kappa shape index (κ1) is 27.4. The van der Waals surface area contributed by atoms with Crippen LogP contribution in [0.2, 0.25) is 0 Å². The number of amides is 3. The van der Waals surface area contributed by atoms with Gasteiger partial charge in [-0.1, -0.05) is 12.1 Å². The molecule has 0 radical (unpaired) electrons. The molecule has 2 atom stereocenters. The lowest BCUT2D eigenvalue weighted by Gasteiger charge is -2.33. The zero-order valence-electron chi connectivity index (χ0n) is 21.3. The van der Waals surface area contributed by atoms with Crippen molar-refractivity contribution in [2.45, 2.75) is 38.3 Å². The molecule has 10 nitrogen and oxygen atoms in total. The predicted molar refractivity (Wildman–Crippen MR) is 139 cm³/mol. The summed E-state index contributed by atoms with van der Waals surface area (Å²) in [7, 11) is -3.93. The number of nitrogens with one attached hydrogen (secondary N) is 2. The fourth-order valence-electron chi connectivity index (χ4n) is 4.85. The monoisotopic (exact) mass is 546 g/mol. The Morgan fingerprint density at radius 2 is 1.89 bits per heavy atom. The number of ether oxygens (including phenoxy) is 1. The lowest BCUT2D eigenvalue weighted by atomic mass is 10.1. The summed E-state index contributed by atoms with van der Waals surface area (Å²) in [6, 6.07) is 9.13. The Bertz CT molecular complexity index is 1330. The van der Waals surface area contributed by atoms with Crippen LogP contribution in [-0.4, -0.2) is 75.6 Å². The van der Waals surface area contributed by atoms with Gasteiger partial charge in [-0.3, -0.25) is 18.7 Å². The molecule has 2 heterocycles. The van der Waals surface area contributed by atoms with E-state index in [0.29, 0.717) is 24.2 Å². The molecular formula is C26H31FN4O6S. The molecule has 1 fully saturated rings. The first-order chi connectivity index (χ1) is 18.0. The zero-order valence-corrected chi connectivity index (χ0v) is 22.1. The number of halogens is 1. The number of anilines is 1. The van der Waals surface area contributed by atoms with E-state index in [1.54, 1.807) is 18.2 Å². The minimum Gasteiger partial charge on any atom is -0.491 e. The third-order valence-electron chi connectivity index (χ3n) is 6.73. The van der Waals surface area contributed by atoms with Crippen molar-refractivity contribution in [1.82, 2.24) is 15.5 Å². The van der Waals surface area contributed by atoms with Crippen LogP contribution in [0.4, 0.5) is 10.1 Å². The SMILES string of the molecule is Cc1ccc2cc1OCCNC(=O)C[C@@H]1CC[C@H](CNC2=O)N1C(=O)CN(c1cccc(F)c1)S(C)(=O)=O. The van der Waals surface area contributed by atoms with Gasteiger partial charge in [-0.15, -0.1) is 0 Å². The molecule has 4 rings (SSSR count). The second kappa shape index (κ2) is 11.4. The summed E-state index contributed by atoms with van der Waals surface area (Å²) in [4.78, 5) is 40.7. The molecule has 0 aliphatic carbocycles. The normalized spacial score (nSPS) is 20.4. The number of hydrogen-bond donors (Lipinski definition) is 2. The van der Waals surface area contributed by atoms with Gasteiger partial charge in [0.15, 0.2) is 0 Å². The van der Waals surface area contributed by atoms with Crippen molar-refractivity contribution in [2.24, 2.45) is 0 Å². The van der Waals surface area contributed by atoms with Gasteiger partial charge >= 0.3 is 0 Å². The summed E-state index contributed by atoms with van der Waals surface area (Å²) in [5.41, 5.74) is 1.26. The first-order valence-electron chi connectivity index (χ1n) is 12.4. The maximum absolute atomic E-state index is 13.9. The van der Waals surface area contributed by atoms with Gasteiger partial charge in [0.25, 0.3) is 5.91 Å². The Balaban J connectivity index is 1.60. The molecule has 2 aromatic carbocycles. The molecule has 204 valence electrons. The summed E-state index contributed by atoms with van der Waals surface area (Å²) >= 11 is 0. The summed E-state index contributed by atoms with van der Waals surface area (Å²) in [6.07, 6.45) is 1.98. The summed E-state index contributed by atoms with van der Waals surface area (Å²) in [5, 5.41) is 5.65. The van der Waals surface area contributed by atoms with Gasteiger partial charge in [0.1, 0.15) is 24.7 Å². The van der Waals surface area contributed by atoms with Gasteiger partial charge in [-0.25, -0.2) is 12.8 Å². The molecule has 2 aliphatic rings. The van der Waals surface area contributed by atoms with E-state index >= 15 is 0 Å². The predicted octanol–water partition coefficient (Wildman–Crippen LogP) is 1.59.